The number of benzene rings is 2. The van der Waals surface area contributed by atoms with E-state index in [9.17, 15) is 0 Å². The molecule has 1 heterocycles. The molecule has 7 heteroatoms. The predicted molar refractivity (Wildman–Crippen MR) is 110 cm³/mol. The van der Waals surface area contributed by atoms with Crippen molar-refractivity contribution >= 4 is 38.6 Å². The van der Waals surface area contributed by atoms with Crippen molar-refractivity contribution in [2.24, 2.45) is 5.10 Å². The van der Waals surface area contributed by atoms with Crippen molar-refractivity contribution in [3.05, 3.63) is 69.1 Å². The molecule has 1 N–H and O–H groups in total. The Morgan fingerprint density at radius 3 is 2.81 bits per heavy atom. The molecule has 0 unspecified atom stereocenters. The van der Waals surface area contributed by atoms with Crippen LogP contribution in [0, 0.1) is 6.92 Å². The molecule has 5 nitrogen and oxygen atoms in total. The van der Waals surface area contributed by atoms with Crippen LogP contribution in [0.1, 0.15) is 16.8 Å². The fourth-order valence-electron chi connectivity index (χ4n) is 2.22. The SMILES string of the molecule is COc1cc(C=NNc2nc(C)cs2)ccc1OCc1ccccc1Br. The summed E-state index contributed by atoms with van der Waals surface area (Å²) in [6.07, 6.45) is 1.72. The summed E-state index contributed by atoms with van der Waals surface area (Å²) in [5.74, 6) is 1.34. The van der Waals surface area contributed by atoms with Gasteiger partial charge in [-0.2, -0.15) is 5.10 Å². The minimum atomic E-state index is 0.455. The second-order valence-corrected chi connectivity index (χ2v) is 7.17. The Labute approximate surface area is 164 Å². The smallest absolute Gasteiger partial charge is 0.203 e. The molecular weight excluding hydrogens is 414 g/mol. The summed E-state index contributed by atoms with van der Waals surface area (Å²) in [4.78, 5) is 4.30. The lowest BCUT2D eigenvalue weighted by atomic mass is 10.2. The number of hydrazone groups is 1. The van der Waals surface area contributed by atoms with Gasteiger partial charge in [0, 0.05) is 15.4 Å². The van der Waals surface area contributed by atoms with E-state index in [2.05, 4.69) is 31.4 Å². The second-order valence-electron chi connectivity index (χ2n) is 5.45. The molecule has 0 aliphatic rings. The number of nitrogens with zero attached hydrogens (tertiary/aromatic N) is 2. The first-order chi connectivity index (χ1) is 12.7. The number of hydrogen-bond acceptors (Lipinski definition) is 6. The van der Waals surface area contributed by atoms with E-state index in [0.29, 0.717) is 18.1 Å². The van der Waals surface area contributed by atoms with E-state index in [1.165, 1.54) is 11.3 Å². The normalized spacial score (nSPS) is 10.9. The molecule has 3 rings (SSSR count). The van der Waals surface area contributed by atoms with Gasteiger partial charge < -0.3 is 9.47 Å². The van der Waals surface area contributed by atoms with Crippen LogP contribution in [-0.2, 0) is 6.61 Å². The average Bonchev–Trinajstić information content (AvgIpc) is 3.06. The lowest BCUT2D eigenvalue weighted by molar-refractivity contribution is 0.284. The lowest BCUT2D eigenvalue weighted by Gasteiger charge is -2.12. The van der Waals surface area contributed by atoms with Gasteiger partial charge in [0.2, 0.25) is 5.13 Å². The van der Waals surface area contributed by atoms with Crippen molar-refractivity contribution in [1.29, 1.82) is 0 Å². The first kappa shape index (κ1) is 18.4. The first-order valence-corrected chi connectivity index (χ1v) is 9.58. The zero-order chi connectivity index (χ0) is 18.4. The van der Waals surface area contributed by atoms with Crippen LogP contribution in [0.3, 0.4) is 0 Å². The number of nitrogens with one attached hydrogen (secondary N) is 1. The highest BCUT2D eigenvalue weighted by Crippen LogP contribution is 2.29. The molecule has 0 amide bonds. The van der Waals surface area contributed by atoms with Gasteiger partial charge in [-0.3, -0.25) is 5.43 Å². The van der Waals surface area contributed by atoms with E-state index in [-0.39, 0.29) is 0 Å². The van der Waals surface area contributed by atoms with Crippen molar-refractivity contribution in [1.82, 2.24) is 4.98 Å². The summed E-state index contributed by atoms with van der Waals surface area (Å²) >= 11 is 5.04. The first-order valence-electron chi connectivity index (χ1n) is 7.91. The van der Waals surface area contributed by atoms with E-state index in [1.807, 2.05) is 54.8 Å². The average molecular weight is 432 g/mol. The minimum absolute atomic E-state index is 0.455. The molecular formula is C19H18BrN3O2S. The maximum atomic E-state index is 5.90. The molecule has 134 valence electrons. The number of halogens is 1. The van der Waals surface area contributed by atoms with E-state index in [0.717, 1.165) is 26.4 Å². The van der Waals surface area contributed by atoms with E-state index >= 15 is 0 Å². The zero-order valence-electron chi connectivity index (χ0n) is 14.4. The Balaban J connectivity index is 1.66. The number of rotatable bonds is 7. The number of anilines is 1. The third-order valence-corrected chi connectivity index (χ3v) is 5.16. The van der Waals surface area contributed by atoms with Gasteiger partial charge in [-0.25, -0.2) is 4.98 Å². The maximum Gasteiger partial charge on any atom is 0.203 e. The summed E-state index contributed by atoms with van der Waals surface area (Å²) in [5, 5.41) is 6.94. The fourth-order valence-corrected chi connectivity index (χ4v) is 3.26. The van der Waals surface area contributed by atoms with Crippen molar-refractivity contribution in [2.75, 3.05) is 12.5 Å². The maximum absolute atomic E-state index is 5.90. The van der Waals surface area contributed by atoms with Crippen LogP contribution in [0.5, 0.6) is 11.5 Å². The Morgan fingerprint density at radius 2 is 2.08 bits per heavy atom. The largest absolute Gasteiger partial charge is 0.493 e. The summed E-state index contributed by atoms with van der Waals surface area (Å²) in [6, 6.07) is 13.7. The molecule has 0 aliphatic heterocycles. The third-order valence-electron chi connectivity index (χ3n) is 3.52. The molecule has 26 heavy (non-hydrogen) atoms. The van der Waals surface area contributed by atoms with Gasteiger partial charge in [-0.1, -0.05) is 34.1 Å². The zero-order valence-corrected chi connectivity index (χ0v) is 16.8. The van der Waals surface area contributed by atoms with E-state index in [4.69, 9.17) is 9.47 Å². The minimum Gasteiger partial charge on any atom is -0.493 e. The Hall–Kier alpha value is -2.38. The van der Waals surface area contributed by atoms with Gasteiger partial charge in [-0.15, -0.1) is 11.3 Å². The molecule has 0 saturated heterocycles. The van der Waals surface area contributed by atoms with Crippen LogP contribution in [0.2, 0.25) is 0 Å². The number of methoxy groups -OCH3 is 1. The van der Waals surface area contributed by atoms with Crippen LogP contribution in [0.15, 0.2) is 57.4 Å². The number of thiazole rings is 1. The molecule has 2 aromatic carbocycles. The highest BCUT2D eigenvalue weighted by Gasteiger charge is 2.07. The van der Waals surface area contributed by atoms with E-state index < -0.39 is 0 Å². The molecule has 0 spiro atoms. The van der Waals surface area contributed by atoms with Crippen LogP contribution >= 0.6 is 27.3 Å². The number of ether oxygens (including phenoxy) is 2. The number of aryl methyl sites for hydroxylation is 1. The van der Waals surface area contributed by atoms with Crippen molar-refractivity contribution in [3.8, 4) is 11.5 Å². The number of hydrogen-bond donors (Lipinski definition) is 1. The molecule has 0 bridgehead atoms. The Morgan fingerprint density at radius 1 is 1.23 bits per heavy atom. The van der Waals surface area contributed by atoms with Crippen LogP contribution in [0.4, 0.5) is 5.13 Å². The van der Waals surface area contributed by atoms with Crippen molar-refractivity contribution < 1.29 is 9.47 Å². The monoisotopic (exact) mass is 431 g/mol. The van der Waals surface area contributed by atoms with Crippen LogP contribution in [-0.4, -0.2) is 18.3 Å². The second kappa shape index (κ2) is 8.82. The van der Waals surface area contributed by atoms with Crippen molar-refractivity contribution in [2.45, 2.75) is 13.5 Å². The number of aromatic nitrogens is 1. The standard InChI is InChI=1S/C19H18BrN3O2S/c1-13-12-26-19(22-13)23-21-10-14-7-8-17(18(9-14)24-2)25-11-15-5-3-4-6-16(15)20/h3-10,12H,11H2,1-2H3,(H,22,23). The molecule has 0 atom stereocenters. The molecule has 3 aromatic rings. The molecule has 0 fully saturated rings. The molecule has 0 aliphatic carbocycles. The van der Waals surface area contributed by atoms with Gasteiger partial charge in [0.15, 0.2) is 11.5 Å². The molecule has 0 saturated carbocycles. The predicted octanol–water partition coefficient (Wildman–Crippen LogP) is 5.25. The Bertz CT molecular complexity index is 911. The van der Waals surface area contributed by atoms with Gasteiger partial charge in [-0.05, 0) is 36.8 Å². The highest BCUT2D eigenvalue weighted by atomic mass is 79.9. The van der Waals surface area contributed by atoms with Gasteiger partial charge in [0.25, 0.3) is 0 Å². The Kier molecular flexibility index (Phi) is 6.25. The summed E-state index contributed by atoms with van der Waals surface area (Å²) in [5.41, 5.74) is 5.86. The van der Waals surface area contributed by atoms with Crippen molar-refractivity contribution in [3.63, 3.8) is 0 Å². The topological polar surface area (TPSA) is 55.7 Å². The van der Waals surface area contributed by atoms with Gasteiger partial charge in [0.1, 0.15) is 6.61 Å². The summed E-state index contributed by atoms with van der Waals surface area (Å²) in [6.45, 7) is 2.40. The highest BCUT2D eigenvalue weighted by molar-refractivity contribution is 9.10. The fraction of sp³-hybridized carbons (Fsp3) is 0.158. The van der Waals surface area contributed by atoms with Crippen LogP contribution in [0.25, 0.3) is 0 Å². The quantitative estimate of drug-likeness (QED) is 0.410. The van der Waals surface area contributed by atoms with Crippen LogP contribution < -0.4 is 14.9 Å². The van der Waals surface area contributed by atoms with E-state index in [1.54, 1.807) is 13.3 Å². The summed E-state index contributed by atoms with van der Waals surface area (Å²) in [7, 11) is 1.62. The van der Waals surface area contributed by atoms with Gasteiger partial charge >= 0.3 is 0 Å². The van der Waals surface area contributed by atoms with Gasteiger partial charge in [0.05, 0.1) is 19.0 Å². The third kappa shape index (κ3) is 4.83. The molecule has 0 radical (unpaired) electrons. The molecule has 1 aromatic heterocycles. The lowest BCUT2D eigenvalue weighted by Crippen LogP contribution is -1.99. The summed E-state index contributed by atoms with van der Waals surface area (Å²) < 4.78 is 12.4.